The van der Waals surface area contributed by atoms with Crippen LogP contribution in [0.25, 0.3) is 0 Å². The smallest absolute Gasteiger partial charge is 0.239 e. The van der Waals surface area contributed by atoms with Crippen LogP contribution in [0, 0.1) is 6.92 Å². The lowest BCUT2D eigenvalue weighted by Gasteiger charge is -2.11. The number of amides is 1. The first-order chi connectivity index (χ1) is 9.19. The van der Waals surface area contributed by atoms with E-state index < -0.39 is 0 Å². The van der Waals surface area contributed by atoms with Crippen molar-refractivity contribution < 1.29 is 4.79 Å². The van der Waals surface area contributed by atoms with Crippen molar-refractivity contribution in [3.8, 4) is 0 Å². The number of halogens is 1. The standard InChI is InChI=1S/C13H20N4OS.HI/c1-9-5-6-19-11(9)7-15-13(14-2)16-8-12(18)17-10-3-4-10;/h5-6,10H,3-4,7-8H2,1-2H3,(H,17,18)(H2,14,15,16);1H. The van der Waals surface area contributed by atoms with Crippen LogP contribution in [0.15, 0.2) is 16.4 Å². The molecule has 0 radical (unpaired) electrons. The molecule has 0 spiro atoms. The van der Waals surface area contributed by atoms with Gasteiger partial charge >= 0.3 is 0 Å². The van der Waals surface area contributed by atoms with Crippen molar-refractivity contribution in [1.82, 2.24) is 16.0 Å². The summed E-state index contributed by atoms with van der Waals surface area (Å²) in [5.74, 6) is 0.677. The molecule has 1 aliphatic rings. The fraction of sp³-hybridized carbons (Fsp3) is 0.538. The molecule has 1 aliphatic carbocycles. The number of rotatable bonds is 5. The zero-order valence-corrected chi connectivity index (χ0v) is 14.9. The van der Waals surface area contributed by atoms with Crippen LogP contribution in [0.2, 0.25) is 0 Å². The number of hydrogen-bond donors (Lipinski definition) is 3. The predicted molar refractivity (Wildman–Crippen MR) is 93.8 cm³/mol. The second-order valence-electron chi connectivity index (χ2n) is 4.65. The molecule has 1 aromatic rings. The molecule has 0 atom stereocenters. The molecular formula is C13H21IN4OS. The number of guanidine groups is 1. The van der Waals surface area contributed by atoms with Crippen molar-refractivity contribution in [3.05, 3.63) is 21.9 Å². The van der Waals surface area contributed by atoms with Crippen LogP contribution < -0.4 is 16.0 Å². The van der Waals surface area contributed by atoms with Gasteiger partial charge in [0.2, 0.25) is 5.91 Å². The Kier molecular flexibility index (Phi) is 7.28. The van der Waals surface area contributed by atoms with E-state index in [4.69, 9.17) is 0 Å². The van der Waals surface area contributed by atoms with Gasteiger partial charge in [-0.3, -0.25) is 9.79 Å². The largest absolute Gasteiger partial charge is 0.352 e. The Balaban J connectivity index is 0.00000200. The SMILES string of the molecule is CN=C(NCC(=O)NC1CC1)NCc1sccc1C.I. The van der Waals surface area contributed by atoms with E-state index in [1.165, 1.54) is 10.4 Å². The molecular weight excluding hydrogens is 387 g/mol. The molecule has 0 saturated heterocycles. The summed E-state index contributed by atoms with van der Waals surface area (Å²) in [6, 6.07) is 2.50. The Morgan fingerprint density at radius 2 is 2.20 bits per heavy atom. The lowest BCUT2D eigenvalue weighted by Crippen LogP contribution is -2.43. The van der Waals surface area contributed by atoms with Gasteiger partial charge in [0.25, 0.3) is 0 Å². The third-order valence-electron chi connectivity index (χ3n) is 2.97. The van der Waals surface area contributed by atoms with Gasteiger partial charge in [-0.15, -0.1) is 35.3 Å². The molecule has 1 aromatic heterocycles. The fourth-order valence-corrected chi connectivity index (χ4v) is 2.49. The first-order valence-corrected chi connectivity index (χ1v) is 7.34. The molecule has 3 N–H and O–H groups in total. The Bertz CT molecular complexity index is 471. The maximum atomic E-state index is 11.5. The molecule has 0 unspecified atom stereocenters. The van der Waals surface area contributed by atoms with E-state index in [0.717, 1.165) is 19.4 Å². The number of aryl methyl sites for hydroxylation is 1. The maximum Gasteiger partial charge on any atom is 0.239 e. The first-order valence-electron chi connectivity index (χ1n) is 6.46. The van der Waals surface area contributed by atoms with E-state index in [0.29, 0.717) is 12.0 Å². The van der Waals surface area contributed by atoms with Gasteiger partial charge in [0.1, 0.15) is 0 Å². The number of carbonyl (C=O) groups excluding carboxylic acids is 1. The molecule has 1 heterocycles. The van der Waals surface area contributed by atoms with E-state index >= 15 is 0 Å². The van der Waals surface area contributed by atoms with Gasteiger partial charge in [0.05, 0.1) is 13.1 Å². The lowest BCUT2D eigenvalue weighted by atomic mass is 10.3. The van der Waals surface area contributed by atoms with Crippen molar-refractivity contribution in [2.45, 2.75) is 32.4 Å². The van der Waals surface area contributed by atoms with Gasteiger partial charge in [0.15, 0.2) is 5.96 Å². The summed E-state index contributed by atoms with van der Waals surface area (Å²) in [6.45, 7) is 3.08. The summed E-state index contributed by atoms with van der Waals surface area (Å²) in [7, 11) is 1.70. The third-order valence-corrected chi connectivity index (χ3v) is 3.99. The number of hydrogen-bond acceptors (Lipinski definition) is 3. The monoisotopic (exact) mass is 408 g/mol. The molecule has 1 saturated carbocycles. The second-order valence-corrected chi connectivity index (χ2v) is 5.65. The van der Waals surface area contributed by atoms with Crippen LogP contribution in [0.4, 0.5) is 0 Å². The molecule has 1 fully saturated rings. The molecule has 0 bridgehead atoms. The highest BCUT2D eigenvalue weighted by Gasteiger charge is 2.22. The lowest BCUT2D eigenvalue weighted by molar-refractivity contribution is -0.120. The topological polar surface area (TPSA) is 65.5 Å². The molecule has 2 rings (SSSR count). The van der Waals surface area contributed by atoms with Crippen LogP contribution in [-0.2, 0) is 11.3 Å². The van der Waals surface area contributed by atoms with Gasteiger partial charge in [-0.05, 0) is 36.8 Å². The van der Waals surface area contributed by atoms with Crippen LogP contribution in [0.5, 0.6) is 0 Å². The highest BCUT2D eigenvalue weighted by atomic mass is 127. The van der Waals surface area contributed by atoms with Crippen LogP contribution >= 0.6 is 35.3 Å². The van der Waals surface area contributed by atoms with E-state index in [-0.39, 0.29) is 36.4 Å². The first kappa shape index (κ1) is 17.2. The van der Waals surface area contributed by atoms with E-state index in [9.17, 15) is 4.79 Å². The van der Waals surface area contributed by atoms with Gasteiger partial charge in [-0.2, -0.15) is 0 Å². The van der Waals surface area contributed by atoms with Gasteiger partial charge in [-0.25, -0.2) is 0 Å². The second kappa shape index (κ2) is 8.46. The summed E-state index contributed by atoms with van der Waals surface area (Å²) >= 11 is 1.72. The van der Waals surface area contributed by atoms with E-state index in [1.807, 2.05) is 0 Å². The Labute approximate surface area is 140 Å². The number of aliphatic imine (C=N–C) groups is 1. The fourth-order valence-electron chi connectivity index (χ4n) is 1.64. The van der Waals surface area contributed by atoms with Gasteiger partial charge < -0.3 is 16.0 Å². The number of nitrogens with one attached hydrogen (secondary N) is 3. The maximum absolute atomic E-state index is 11.5. The third kappa shape index (κ3) is 5.66. The minimum absolute atomic E-state index is 0. The van der Waals surface area contributed by atoms with Crippen molar-refractivity contribution in [2.75, 3.05) is 13.6 Å². The number of carbonyl (C=O) groups is 1. The van der Waals surface area contributed by atoms with E-state index in [1.54, 1.807) is 18.4 Å². The minimum Gasteiger partial charge on any atom is -0.352 e. The summed E-state index contributed by atoms with van der Waals surface area (Å²) in [5, 5.41) is 11.2. The summed E-state index contributed by atoms with van der Waals surface area (Å²) < 4.78 is 0. The molecule has 20 heavy (non-hydrogen) atoms. The normalized spacial score (nSPS) is 14.4. The molecule has 0 aromatic carbocycles. The van der Waals surface area contributed by atoms with Crippen LogP contribution in [0.1, 0.15) is 23.3 Å². The highest BCUT2D eigenvalue weighted by Crippen LogP contribution is 2.18. The van der Waals surface area contributed by atoms with Crippen molar-refractivity contribution in [1.29, 1.82) is 0 Å². The summed E-state index contributed by atoms with van der Waals surface area (Å²) in [4.78, 5) is 16.9. The zero-order chi connectivity index (χ0) is 13.7. The van der Waals surface area contributed by atoms with E-state index in [2.05, 4.69) is 39.3 Å². The predicted octanol–water partition coefficient (Wildman–Crippen LogP) is 1.62. The quantitative estimate of drug-likeness (QED) is 0.394. The number of nitrogens with zero attached hydrogens (tertiary/aromatic N) is 1. The number of thiophene rings is 1. The molecule has 7 heteroatoms. The average molecular weight is 408 g/mol. The van der Waals surface area contributed by atoms with Crippen molar-refractivity contribution >= 4 is 47.2 Å². The van der Waals surface area contributed by atoms with Gasteiger partial charge in [-0.1, -0.05) is 0 Å². The summed E-state index contributed by atoms with van der Waals surface area (Å²) in [5.41, 5.74) is 1.28. The Hall–Kier alpha value is -0.830. The molecule has 112 valence electrons. The summed E-state index contributed by atoms with van der Waals surface area (Å²) in [6.07, 6.45) is 2.22. The molecule has 0 aliphatic heterocycles. The highest BCUT2D eigenvalue weighted by molar-refractivity contribution is 14.0. The Morgan fingerprint density at radius 1 is 1.45 bits per heavy atom. The Morgan fingerprint density at radius 3 is 2.75 bits per heavy atom. The van der Waals surface area contributed by atoms with Crippen molar-refractivity contribution in [3.63, 3.8) is 0 Å². The minimum atomic E-state index is 0. The molecule has 1 amide bonds. The van der Waals surface area contributed by atoms with Crippen LogP contribution in [-0.4, -0.2) is 31.5 Å². The average Bonchev–Trinajstić information content (AvgIpc) is 3.11. The van der Waals surface area contributed by atoms with Gasteiger partial charge in [0, 0.05) is 18.0 Å². The zero-order valence-electron chi connectivity index (χ0n) is 11.7. The van der Waals surface area contributed by atoms with Crippen molar-refractivity contribution in [2.24, 2.45) is 4.99 Å². The van der Waals surface area contributed by atoms with Crippen LogP contribution in [0.3, 0.4) is 0 Å². The molecule has 5 nitrogen and oxygen atoms in total.